The first-order chi connectivity index (χ1) is 14.2. The van der Waals surface area contributed by atoms with Gasteiger partial charge in [0.1, 0.15) is 6.61 Å². The summed E-state index contributed by atoms with van der Waals surface area (Å²) in [4.78, 5) is 38.1. The Balaban J connectivity index is 1.72. The molecule has 154 valence electrons. The van der Waals surface area contributed by atoms with Crippen molar-refractivity contribution in [1.29, 1.82) is 0 Å². The number of nitrogens with zero attached hydrogens (tertiary/aromatic N) is 1. The molecule has 7 nitrogen and oxygen atoms in total. The summed E-state index contributed by atoms with van der Waals surface area (Å²) >= 11 is 13.6. The number of rotatable bonds is 5. The third-order valence-corrected chi connectivity index (χ3v) is 5.27. The van der Waals surface area contributed by atoms with Gasteiger partial charge in [-0.25, -0.2) is 4.79 Å². The van der Waals surface area contributed by atoms with E-state index in [1.54, 1.807) is 30.3 Å². The predicted octanol–water partition coefficient (Wildman–Crippen LogP) is 4.38. The second kappa shape index (κ2) is 9.34. The third kappa shape index (κ3) is 5.41. The van der Waals surface area contributed by atoms with Gasteiger partial charge in [-0.1, -0.05) is 35.3 Å². The number of hydrogen-bond donors (Lipinski definition) is 2. The van der Waals surface area contributed by atoms with Gasteiger partial charge >= 0.3 is 5.97 Å². The molecular weight excluding hydrogens is 451 g/mol. The van der Waals surface area contributed by atoms with E-state index in [2.05, 4.69) is 10.3 Å². The number of amidine groups is 1. The second-order valence-electron chi connectivity index (χ2n) is 6.12. The highest BCUT2D eigenvalue weighted by atomic mass is 35.5. The van der Waals surface area contributed by atoms with E-state index in [9.17, 15) is 14.4 Å². The van der Waals surface area contributed by atoms with E-state index in [-0.39, 0.29) is 39.0 Å². The summed E-state index contributed by atoms with van der Waals surface area (Å²) in [7, 11) is 0. The number of carboxylic acid groups (broad SMARTS) is 1. The van der Waals surface area contributed by atoms with E-state index in [0.29, 0.717) is 10.5 Å². The average molecular weight is 465 g/mol. The van der Waals surface area contributed by atoms with Crippen molar-refractivity contribution in [3.05, 3.63) is 68.0 Å². The van der Waals surface area contributed by atoms with Crippen molar-refractivity contribution in [2.24, 2.45) is 4.99 Å². The minimum Gasteiger partial charge on any atom is -0.486 e. The summed E-state index contributed by atoms with van der Waals surface area (Å²) in [5.74, 6) is -1.53. The van der Waals surface area contributed by atoms with Gasteiger partial charge in [0.15, 0.2) is 10.9 Å². The quantitative estimate of drug-likeness (QED) is 0.636. The normalized spacial score (nSPS) is 14.6. The summed E-state index contributed by atoms with van der Waals surface area (Å²) < 4.78 is 5.69. The minimum atomic E-state index is -1.01. The van der Waals surface area contributed by atoms with Crippen LogP contribution >= 0.6 is 35.0 Å². The number of benzene rings is 2. The van der Waals surface area contributed by atoms with Gasteiger partial charge in [-0.3, -0.25) is 9.59 Å². The van der Waals surface area contributed by atoms with E-state index in [1.165, 1.54) is 19.1 Å². The standard InChI is InChI=1S/C20H14Cl2N2O5S/c1-10(25)23-20-24-18(26)16(30-20)8-12-6-14(21)17(15(22)7-12)29-9-11-2-4-13(5-3-11)19(27)28/h2-8H,9H2,1H3,(H,27,28)(H,23,24,25,26). The lowest BCUT2D eigenvalue weighted by atomic mass is 10.1. The molecule has 0 saturated carbocycles. The predicted molar refractivity (Wildman–Crippen MR) is 116 cm³/mol. The molecule has 3 rings (SSSR count). The molecule has 2 aromatic rings. The largest absolute Gasteiger partial charge is 0.486 e. The Morgan fingerprint density at radius 1 is 1.20 bits per heavy atom. The molecular formula is C20H14Cl2N2O5S. The fourth-order valence-corrected chi connectivity index (χ4v) is 3.94. The van der Waals surface area contributed by atoms with Gasteiger partial charge in [-0.15, -0.1) is 0 Å². The number of hydrogen-bond acceptors (Lipinski definition) is 5. The van der Waals surface area contributed by atoms with E-state index < -0.39 is 11.9 Å². The third-order valence-electron chi connectivity index (χ3n) is 3.81. The van der Waals surface area contributed by atoms with Crippen molar-refractivity contribution in [3.8, 4) is 5.75 Å². The molecule has 0 aliphatic carbocycles. The number of thioether (sulfide) groups is 1. The lowest BCUT2D eigenvalue weighted by Gasteiger charge is -2.11. The highest BCUT2D eigenvalue weighted by Crippen LogP contribution is 2.36. The van der Waals surface area contributed by atoms with Gasteiger partial charge in [-0.2, -0.15) is 4.99 Å². The van der Waals surface area contributed by atoms with E-state index >= 15 is 0 Å². The molecule has 1 aliphatic rings. The molecule has 2 amide bonds. The zero-order chi connectivity index (χ0) is 21.8. The molecule has 0 radical (unpaired) electrons. The van der Waals surface area contributed by atoms with Crippen molar-refractivity contribution in [3.63, 3.8) is 0 Å². The number of carboxylic acids is 1. The van der Waals surface area contributed by atoms with Crippen molar-refractivity contribution in [2.45, 2.75) is 13.5 Å². The Bertz CT molecular complexity index is 1070. The minimum absolute atomic E-state index is 0.141. The monoisotopic (exact) mass is 464 g/mol. The number of carbonyl (C=O) groups is 3. The number of halogens is 2. The maximum absolute atomic E-state index is 12.0. The molecule has 2 aromatic carbocycles. The fraction of sp³-hybridized carbons (Fsp3) is 0.100. The second-order valence-corrected chi connectivity index (χ2v) is 7.96. The van der Waals surface area contributed by atoms with Gasteiger partial charge in [0, 0.05) is 6.92 Å². The number of ether oxygens (including phenoxy) is 1. The summed E-state index contributed by atoms with van der Waals surface area (Å²) in [5, 5.41) is 12.1. The molecule has 0 spiro atoms. The van der Waals surface area contributed by atoms with Crippen LogP contribution in [-0.2, 0) is 16.2 Å². The highest BCUT2D eigenvalue weighted by Gasteiger charge is 2.23. The smallest absolute Gasteiger partial charge is 0.335 e. The summed E-state index contributed by atoms with van der Waals surface area (Å²) in [6.45, 7) is 1.47. The van der Waals surface area contributed by atoms with Crippen molar-refractivity contribution in [2.75, 3.05) is 0 Å². The molecule has 0 saturated heterocycles. The topological polar surface area (TPSA) is 105 Å². The number of carbonyl (C=O) groups excluding carboxylic acids is 2. The molecule has 1 heterocycles. The van der Waals surface area contributed by atoms with E-state index in [0.717, 1.165) is 17.3 Å². The van der Waals surface area contributed by atoms with Crippen LogP contribution in [0.4, 0.5) is 0 Å². The van der Waals surface area contributed by atoms with Gasteiger partial charge in [-0.05, 0) is 53.2 Å². The number of aromatic carboxylic acids is 1. The lowest BCUT2D eigenvalue weighted by molar-refractivity contribution is -0.117. The maximum atomic E-state index is 12.0. The van der Waals surface area contributed by atoms with E-state index in [4.69, 9.17) is 33.0 Å². The van der Waals surface area contributed by atoms with Crippen LogP contribution < -0.4 is 10.1 Å². The van der Waals surface area contributed by atoms with Crippen LogP contribution in [0, 0.1) is 0 Å². The molecule has 0 fully saturated rings. The molecule has 0 aromatic heterocycles. The van der Waals surface area contributed by atoms with Crippen LogP contribution in [0.5, 0.6) is 5.75 Å². The molecule has 10 heteroatoms. The molecule has 0 bridgehead atoms. The van der Waals surface area contributed by atoms with Crippen molar-refractivity contribution in [1.82, 2.24) is 5.32 Å². The fourth-order valence-electron chi connectivity index (χ4n) is 2.46. The zero-order valence-electron chi connectivity index (χ0n) is 15.4. The summed E-state index contributed by atoms with van der Waals surface area (Å²) in [5.41, 5.74) is 1.49. The number of aliphatic imine (C=N–C) groups is 1. The average Bonchev–Trinajstić information content (AvgIpc) is 2.99. The van der Waals surface area contributed by atoms with Crippen LogP contribution in [0.25, 0.3) is 6.08 Å². The maximum Gasteiger partial charge on any atom is 0.335 e. The Morgan fingerprint density at radius 2 is 1.83 bits per heavy atom. The van der Waals surface area contributed by atoms with Crippen LogP contribution in [0.15, 0.2) is 46.3 Å². The highest BCUT2D eigenvalue weighted by molar-refractivity contribution is 8.18. The Kier molecular flexibility index (Phi) is 6.81. The zero-order valence-corrected chi connectivity index (χ0v) is 17.8. The van der Waals surface area contributed by atoms with Crippen LogP contribution in [0.1, 0.15) is 28.4 Å². The first kappa shape index (κ1) is 21.9. The summed E-state index contributed by atoms with van der Waals surface area (Å²) in [6, 6.07) is 9.42. The lowest BCUT2D eigenvalue weighted by Crippen LogP contribution is -2.23. The molecule has 0 atom stereocenters. The van der Waals surface area contributed by atoms with Crippen LogP contribution in [-0.4, -0.2) is 28.1 Å². The van der Waals surface area contributed by atoms with Gasteiger partial charge < -0.3 is 15.2 Å². The Morgan fingerprint density at radius 3 is 2.40 bits per heavy atom. The van der Waals surface area contributed by atoms with Crippen LogP contribution in [0.2, 0.25) is 10.0 Å². The molecule has 2 N–H and O–H groups in total. The Hall–Kier alpha value is -2.81. The molecule has 1 aliphatic heterocycles. The van der Waals surface area contributed by atoms with Gasteiger partial charge in [0.25, 0.3) is 5.91 Å². The van der Waals surface area contributed by atoms with Crippen molar-refractivity contribution < 1.29 is 24.2 Å². The van der Waals surface area contributed by atoms with Crippen LogP contribution in [0.3, 0.4) is 0 Å². The van der Waals surface area contributed by atoms with Gasteiger partial charge in [0.2, 0.25) is 5.91 Å². The first-order valence-electron chi connectivity index (χ1n) is 8.47. The van der Waals surface area contributed by atoms with Crippen molar-refractivity contribution >= 4 is 64.0 Å². The number of nitrogens with one attached hydrogen (secondary N) is 1. The van der Waals surface area contributed by atoms with E-state index in [1.807, 2.05) is 0 Å². The first-order valence-corrected chi connectivity index (χ1v) is 10.0. The van der Waals surface area contributed by atoms with Gasteiger partial charge in [0.05, 0.1) is 20.5 Å². The Labute approximate surface area is 185 Å². The molecule has 30 heavy (non-hydrogen) atoms. The number of amides is 2. The summed E-state index contributed by atoms with van der Waals surface area (Å²) in [6.07, 6.45) is 1.57. The molecule has 0 unspecified atom stereocenters. The SMILES string of the molecule is CC(=O)NC1=NC(=O)C(=Cc2cc(Cl)c(OCc3ccc(C(=O)O)cc3)c(Cl)c2)S1.